The molecule has 1 aromatic heterocycles. The van der Waals surface area contributed by atoms with Gasteiger partial charge in [0.25, 0.3) is 0 Å². The van der Waals surface area contributed by atoms with Crippen LogP contribution in [-0.4, -0.2) is 64.4 Å². The number of anilines is 5. The average molecular weight is 577 g/mol. The Morgan fingerprint density at radius 3 is 2.44 bits per heavy atom. The van der Waals surface area contributed by atoms with Crippen LogP contribution in [0.3, 0.4) is 0 Å². The molecule has 1 saturated heterocycles. The molecule has 1 aliphatic rings. The fraction of sp³-hybridized carbons (Fsp3) is 0.385. The molecule has 0 aliphatic carbocycles. The summed E-state index contributed by atoms with van der Waals surface area (Å²) in [6, 6.07) is 10.3. The third-order valence-corrected chi connectivity index (χ3v) is 7.65. The van der Waals surface area contributed by atoms with E-state index in [0.717, 1.165) is 18.8 Å². The van der Waals surface area contributed by atoms with E-state index in [1.165, 1.54) is 12.3 Å². The maximum Gasteiger partial charge on any atom is 0.242 e. The Hall–Kier alpha value is -3.32. The third kappa shape index (κ3) is 7.01. The molecule has 0 atom stereocenters. The van der Waals surface area contributed by atoms with Crippen molar-refractivity contribution < 1.29 is 22.6 Å². The minimum absolute atomic E-state index is 0.0785. The maximum absolute atomic E-state index is 12.7. The minimum atomic E-state index is -3.73. The van der Waals surface area contributed by atoms with Crippen LogP contribution in [0, 0.1) is 0 Å². The Morgan fingerprint density at radius 2 is 1.72 bits per heavy atom. The molecule has 39 heavy (non-hydrogen) atoms. The molecule has 0 unspecified atom stereocenters. The molecule has 13 heteroatoms. The Labute approximate surface area is 233 Å². The summed E-state index contributed by atoms with van der Waals surface area (Å²) in [5, 5.41) is 6.46. The van der Waals surface area contributed by atoms with Crippen LogP contribution in [0.4, 0.5) is 28.8 Å². The van der Waals surface area contributed by atoms with Crippen molar-refractivity contribution in [1.29, 1.82) is 0 Å². The van der Waals surface area contributed by atoms with Crippen molar-refractivity contribution in [2.75, 3.05) is 61.6 Å². The number of para-hydroxylation sites is 1. The van der Waals surface area contributed by atoms with Gasteiger partial charge in [-0.25, -0.2) is 18.1 Å². The molecule has 0 radical (unpaired) electrons. The number of halogens is 1. The molecule has 3 N–H and O–H groups in total. The number of morpholine rings is 1. The molecule has 1 fully saturated rings. The topological polar surface area (TPSA) is 127 Å². The van der Waals surface area contributed by atoms with Gasteiger partial charge in [-0.05, 0) is 26.0 Å². The van der Waals surface area contributed by atoms with Crippen LogP contribution in [0.2, 0.25) is 5.02 Å². The number of rotatable bonds is 12. The van der Waals surface area contributed by atoms with E-state index in [1.807, 2.05) is 26.0 Å². The fourth-order valence-corrected chi connectivity index (χ4v) is 5.42. The summed E-state index contributed by atoms with van der Waals surface area (Å²) in [6.07, 6.45) is 1.44. The first-order valence-corrected chi connectivity index (χ1v) is 14.6. The van der Waals surface area contributed by atoms with Gasteiger partial charge >= 0.3 is 0 Å². The van der Waals surface area contributed by atoms with Gasteiger partial charge < -0.3 is 29.7 Å². The van der Waals surface area contributed by atoms with Gasteiger partial charge in [0.15, 0.2) is 5.82 Å². The van der Waals surface area contributed by atoms with Crippen molar-refractivity contribution in [3.63, 3.8) is 0 Å². The van der Waals surface area contributed by atoms with Gasteiger partial charge in [-0.3, -0.25) is 0 Å². The molecule has 0 saturated carbocycles. The minimum Gasteiger partial charge on any atom is -0.492 e. The quantitative estimate of drug-likeness (QED) is 0.282. The van der Waals surface area contributed by atoms with Gasteiger partial charge in [0.2, 0.25) is 16.0 Å². The first kappa shape index (κ1) is 28.7. The number of benzene rings is 2. The van der Waals surface area contributed by atoms with Gasteiger partial charge in [0, 0.05) is 31.8 Å². The highest BCUT2D eigenvalue weighted by Gasteiger charge is 2.21. The first-order valence-electron chi connectivity index (χ1n) is 12.8. The van der Waals surface area contributed by atoms with E-state index in [9.17, 15) is 8.42 Å². The Kier molecular flexibility index (Phi) is 9.68. The highest BCUT2D eigenvalue weighted by molar-refractivity contribution is 7.89. The predicted molar refractivity (Wildman–Crippen MR) is 153 cm³/mol. The predicted octanol–water partition coefficient (Wildman–Crippen LogP) is 4.55. The van der Waals surface area contributed by atoms with Crippen LogP contribution < -0.4 is 29.7 Å². The molecule has 2 aromatic carbocycles. The fourth-order valence-electron chi connectivity index (χ4n) is 4.08. The van der Waals surface area contributed by atoms with Crippen molar-refractivity contribution >= 4 is 50.5 Å². The van der Waals surface area contributed by atoms with Crippen LogP contribution in [-0.2, 0) is 14.8 Å². The number of ether oxygens (including phenoxy) is 3. The molecule has 1 aliphatic heterocycles. The normalized spacial score (nSPS) is 13.7. The van der Waals surface area contributed by atoms with Gasteiger partial charge in [-0.15, -0.1) is 0 Å². The molecule has 0 bridgehead atoms. The van der Waals surface area contributed by atoms with Crippen molar-refractivity contribution in [3.8, 4) is 11.5 Å². The standard InChI is InChI=1S/C26H33ClN6O5S/c1-4-29-39(34,35)24-10-8-7-9-19(24)30-25-18(27)17-28-26(32-25)31-20-15-23(38-6-3)21(16-22(20)37-5-2)33-11-13-36-14-12-33/h7-10,15-17,29H,4-6,11-14H2,1-3H3,(H2,28,30,31,32). The van der Waals surface area contributed by atoms with E-state index < -0.39 is 10.0 Å². The second-order valence-electron chi connectivity index (χ2n) is 8.42. The van der Waals surface area contributed by atoms with Crippen molar-refractivity contribution in [2.24, 2.45) is 0 Å². The van der Waals surface area contributed by atoms with E-state index in [2.05, 4.69) is 30.2 Å². The number of hydrogen-bond acceptors (Lipinski definition) is 10. The Balaban J connectivity index is 1.67. The summed E-state index contributed by atoms with van der Waals surface area (Å²) in [7, 11) is -3.73. The number of nitrogens with zero attached hydrogens (tertiary/aromatic N) is 3. The number of sulfonamides is 1. The van der Waals surface area contributed by atoms with E-state index >= 15 is 0 Å². The largest absolute Gasteiger partial charge is 0.492 e. The molecule has 11 nitrogen and oxygen atoms in total. The summed E-state index contributed by atoms with van der Waals surface area (Å²) in [4.78, 5) is 11.1. The lowest BCUT2D eigenvalue weighted by atomic mass is 10.2. The summed E-state index contributed by atoms with van der Waals surface area (Å²) >= 11 is 6.39. The second-order valence-corrected chi connectivity index (χ2v) is 10.6. The van der Waals surface area contributed by atoms with Crippen molar-refractivity contribution in [3.05, 3.63) is 47.6 Å². The molecule has 4 rings (SSSR count). The zero-order valence-corrected chi connectivity index (χ0v) is 23.7. The van der Waals surface area contributed by atoms with E-state index in [1.54, 1.807) is 25.1 Å². The average Bonchev–Trinajstić information content (AvgIpc) is 2.93. The molecule has 210 valence electrons. The monoisotopic (exact) mass is 576 g/mol. The van der Waals surface area contributed by atoms with E-state index in [4.69, 9.17) is 25.8 Å². The van der Waals surface area contributed by atoms with Gasteiger partial charge in [0.05, 0.1) is 49.7 Å². The van der Waals surface area contributed by atoms with Crippen LogP contribution in [0.25, 0.3) is 0 Å². The lowest BCUT2D eigenvalue weighted by Gasteiger charge is -2.31. The van der Waals surface area contributed by atoms with Crippen LogP contribution in [0.1, 0.15) is 20.8 Å². The van der Waals surface area contributed by atoms with Crippen molar-refractivity contribution in [2.45, 2.75) is 25.7 Å². The molecular formula is C26H33ClN6O5S. The summed E-state index contributed by atoms with van der Waals surface area (Å²) in [6.45, 7) is 9.55. The van der Waals surface area contributed by atoms with Crippen molar-refractivity contribution in [1.82, 2.24) is 14.7 Å². The second kappa shape index (κ2) is 13.2. The number of nitrogens with one attached hydrogen (secondary N) is 3. The zero-order valence-electron chi connectivity index (χ0n) is 22.2. The maximum atomic E-state index is 12.7. The smallest absolute Gasteiger partial charge is 0.242 e. The lowest BCUT2D eigenvalue weighted by molar-refractivity contribution is 0.122. The third-order valence-electron chi connectivity index (χ3n) is 5.77. The first-order chi connectivity index (χ1) is 18.9. The highest BCUT2D eigenvalue weighted by Crippen LogP contribution is 2.40. The van der Waals surface area contributed by atoms with E-state index in [-0.39, 0.29) is 28.2 Å². The van der Waals surface area contributed by atoms with Gasteiger partial charge in [-0.1, -0.05) is 30.7 Å². The van der Waals surface area contributed by atoms with Crippen LogP contribution in [0.5, 0.6) is 11.5 Å². The SMILES string of the molecule is CCNS(=O)(=O)c1ccccc1Nc1nc(Nc2cc(OCC)c(N3CCOCC3)cc2OCC)ncc1Cl. The Bertz CT molecular complexity index is 1390. The molecule has 0 amide bonds. The number of hydrogen-bond donors (Lipinski definition) is 3. The summed E-state index contributed by atoms with van der Waals surface area (Å²) in [5.41, 5.74) is 1.86. The summed E-state index contributed by atoms with van der Waals surface area (Å²) in [5.74, 6) is 1.77. The van der Waals surface area contributed by atoms with Crippen LogP contribution >= 0.6 is 11.6 Å². The lowest BCUT2D eigenvalue weighted by Crippen LogP contribution is -2.36. The summed E-state index contributed by atoms with van der Waals surface area (Å²) < 4.78 is 45.3. The zero-order chi connectivity index (χ0) is 27.8. The highest BCUT2D eigenvalue weighted by atomic mass is 35.5. The van der Waals surface area contributed by atoms with Gasteiger partial charge in [0.1, 0.15) is 21.4 Å². The van der Waals surface area contributed by atoms with Crippen LogP contribution in [0.15, 0.2) is 47.5 Å². The van der Waals surface area contributed by atoms with Gasteiger partial charge in [-0.2, -0.15) is 4.98 Å². The molecule has 0 spiro atoms. The van der Waals surface area contributed by atoms with E-state index in [0.29, 0.717) is 49.3 Å². The molecule has 3 aromatic rings. The Morgan fingerprint density at radius 1 is 1.00 bits per heavy atom. The molecular weight excluding hydrogens is 544 g/mol. The molecule has 2 heterocycles. The number of aromatic nitrogens is 2.